The third kappa shape index (κ3) is 6.16. The van der Waals surface area contributed by atoms with E-state index in [4.69, 9.17) is 25.4 Å². The lowest BCUT2D eigenvalue weighted by molar-refractivity contribution is -0.192. The number of carboxylic acids is 1. The molecule has 6 nitrogen and oxygen atoms in total. The van der Waals surface area contributed by atoms with Gasteiger partial charge in [0.25, 0.3) is 0 Å². The number of aliphatic imine (C=N–C) groups is 1. The molecule has 190 valence electrons. The number of nitrogens with zero attached hydrogens (tertiary/aromatic N) is 2. The molecule has 0 fully saturated rings. The van der Waals surface area contributed by atoms with Gasteiger partial charge in [0.05, 0.1) is 7.11 Å². The van der Waals surface area contributed by atoms with Crippen LogP contribution in [0.1, 0.15) is 24.5 Å². The molecule has 9 heteroatoms. The lowest BCUT2D eigenvalue weighted by atomic mass is 9.94. The van der Waals surface area contributed by atoms with Crippen LogP contribution in [0, 0.1) is 0 Å². The number of ether oxygens (including phenoxy) is 1. The summed E-state index contributed by atoms with van der Waals surface area (Å²) in [7, 11) is 3.79. The Morgan fingerprint density at radius 1 is 1.06 bits per heavy atom. The topological polar surface area (TPSA) is 88.2 Å². The van der Waals surface area contributed by atoms with Gasteiger partial charge in [-0.2, -0.15) is 13.2 Å². The Balaban J connectivity index is 0.000000454. The van der Waals surface area contributed by atoms with Crippen molar-refractivity contribution in [1.29, 1.82) is 0 Å². The summed E-state index contributed by atoms with van der Waals surface area (Å²) in [6.07, 6.45) is -3.29. The molecule has 0 aromatic heterocycles. The lowest BCUT2D eigenvalue weighted by Gasteiger charge is -2.41. The van der Waals surface area contributed by atoms with Gasteiger partial charge in [0.2, 0.25) is 0 Å². The fourth-order valence-electron chi connectivity index (χ4n) is 3.95. The monoisotopic (exact) mass is 499 g/mol. The summed E-state index contributed by atoms with van der Waals surface area (Å²) in [5.41, 5.74) is 11.7. The van der Waals surface area contributed by atoms with Crippen LogP contribution in [0.2, 0.25) is 0 Å². The van der Waals surface area contributed by atoms with Crippen LogP contribution in [0.4, 0.5) is 18.9 Å². The first-order valence-corrected chi connectivity index (χ1v) is 11.2. The number of carboxylic acid groups (broad SMARTS) is 1. The molecular weight excluding hydrogens is 471 g/mol. The molecule has 1 heterocycles. The molecule has 0 saturated heterocycles. The van der Waals surface area contributed by atoms with Gasteiger partial charge in [-0.3, -0.25) is 0 Å². The van der Waals surface area contributed by atoms with E-state index in [2.05, 4.69) is 61.3 Å². The molecule has 1 atom stereocenters. The minimum atomic E-state index is -5.08. The fraction of sp³-hybridized carbons (Fsp3) is 0.259. The second kappa shape index (κ2) is 10.7. The van der Waals surface area contributed by atoms with Crippen LogP contribution in [0.5, 0.6) is 5.75 Å². The lowest BCUT2D eigenvalue weighted by Crippen LogP contribution is -2.48. The fourth-order valence-corrected chi connectivity index (χ4v) is 3.95. The van der Waals surface area contributed by atoms with Crippen LogP contribution >= 0.6 is 0 Å². The number of anilines is 1. The maximum Gasteiger partial charge on any atom is 0.490 e. The minimum absolute atomic E-state index is 0.371. The molecule has 1 aliphatic heterocycles. The van der Waals surface area contributed by atoms with Gasteiger partial charge in [0.15, 0.2) is 0 Å². The van der Waals surface area contributed by atoms with Crippen LogP contribution in [0.3, 0.4) is 0 Å². The molecule has 0 spiro atoms. The van der Waals surface area contributed by atoms with Gasteiger partial charge in [-0.25, -0.2) is 9.79 Å². The van der Waals surface area contributed by atoms with E-state index < -0.39 is 12.1 Å². The Morgan fingerprint density at radius 3 is 2.31 bits per heavy atom. The van der Waals surface area contributed by atoms with Crippen molar-refractivity contribution in [3.8, 4) is 16.9 Å². The van der Waals surface area contributed by atoms with Crippen molar-refractivity contribution >= 4 is 17.5 Å². The zero-order valence-electron chi connectivity index (χ0n) is 20.2. The van der Waals surface area contributed by atoms with E-state index in [-0.39, 0.29) is 5.66 Å². The highest BCUT2D eigenvalue weighted by molar-refractivity contribution is 6.04. The van der Waals surface area contributed by atoms with Gasteiger partial charge in [0.1, 0.15) is 17.2 Å². The summed E-state index contributed by atoms with van der Waals surface area (Å²) in [6.45, 7) is 2.15. The van der Waals surface area contributed by atoms with Gasteiger partial charge < -0.3 is 20.5 Å². The average Bonchev–Trinajstić information content (AvgIpc) is 2.86. The number of hydrogen-bond acceptors (Lipinski definition) is 5. The van der Waals surface area contributed by atoms with Crippen molar-refractivity contribution in [3.05, 3.63) is 83.9 Å². The second-order valence-corrected chi connectivity index (χ2v) is 8.53. The summed E-state index contributed by atoms with van der Waals surface area (Å²) in [6, 6.07) is 25.0. The van der Waals surface area contributed by atoms with E-state index in [1.165, 1.54) is 11.1 Å². The summed E-state index contributed by atoms with van der Waals surface area (Å²) in [5, 5.41) is 7.12. The Kier molecular flexibility index (Phi) is 7.92. The molecule has 0 aliphatic carbocycles. The highest BCUT2D eigenvalue weighted by Gasteiger charge is 2.38. The second-order valence-electron chi connectivity index (χ2n) is 8.53. The normalized spacial score (nSPS) is 16.8. The number of aliphatic carboxylic acids is 1. The number of amidine groups is 1. The van der Waals surface area contributed by atoms with Crippen molar-refractivity contribution < 1.29 is 27.8 Å². The largest absolute Gasteiger partial charge is 0.497 e. The van der Waals surface area contributed by atoms with Crippen LogP contribution in [0.25, 0.3) is 11.1 Å². The molecular formula is C27H28F3N3O3. The zero-order chi connectivity index (χ0) is 26.5. The number of fused-ring (bicyclic) bond motifs is 1. The van der Waals surface area contributed by atoms with Crippen molar-refractivity contribution in [2.45, 2.75) is 31.6 Å². The number of benzene rings is 3. The standard InChI is InChI=1S/C25H27N3O.C2HF3O2/c1-25(27-24(26)22-12-4-5-13-23(22)28(25)2)15-14-18-8-6-9-19(16-18)20-10-7-11-21(17-20)29-3;3-2(4,5)1(6)7/h4-13,16-17H,14-15H2,1-3H3,(H2,26,27);(H,6,7). The van der Waals surface area contributed by atoms with Gasteiger partial charge in [-0.05, 0) is 60.7 Å². The zero-order valence-corrected chi connectivity index (χ0v) is 20.2. The third-order valence-electron chi connectivity index (χ3n) is 6.09. The summed E-state index contributed by atoms with van der Waals surface area (Å²) in [4.78, 5) is 16.0. The predicted octanol–water partition coefficient (Wildman–Crippen LogP) is 5.50. The number of alkyl halides is 3. The van der Waals surface area contributed by atoms with Crippen LogP contribution in [-0.2, 0) is 11.2 Å². The molecule has 0 amide bonds. The van der Waals surface area contributed by atoms with Crippen molar-refractivity contribution in [1.82, 2.24) is 0 Å². The van der Waals surface area contributed by atoms with E-state index >= 15 is 0 Å². The molecule has 1 aliphatic rings. The summed E-state index contributed by atoms with van der Waals surface area (Å²) >= 11 is 0. The van der Waals surface area contributed by atoms with Crippen molar-refractivity contribution in [2.75, 3.05) is 19.1 Å². The molecule has 3 aromatic carbocycles. The van der Waals surface area contributed by atoms with E-state index in [9.17, 15) is 13.2 Å². The van der Waals surface area contributed by atoms with E-state index in [1.807, 2.05) is 30.3 Å². The number of hydrogen-bond donors (Lipinski definition) is 2. The number of methoxy groups -OCH3 is 1. The Bertz CT molecular complexity index is 1260. The number of carbonyl (C=O) groups is 1. The van der Waals surface area contributed by atoms with Gasteiger partial charge >= 0.3 is 12.1 Å². The first-order valence-electron chi connectivity index (χ1n) is 11.2. The molecule has 36 heavy (non-hydrogen) atoms. The van der Waals surface area contributed by atoms with Gasteiger partial charge in [-0.15, -0.1) is 0 Å². The maximum atomic E-state index is 10.6. The molecule has 4 rings (SSSR count). The number of para-hydroxylation sites is 1. The Labute approximate surface area is 207 Å². The van der Waals surface area contributed by atoms with Crippen LogP contribution in [0.15, 0.2) is 77.8 Å². The number of rotatable bonds is 5. The SMILES string of the molecule is COc1cccc(-c2cccc(CCC3(C)N=C(N)c4ccccc4N3C)c2)c1.O=C(O)C(F)(F)F. The number of nitrogens with two attached hydrogens (primary N) is 1. The third-order valence-corrected chi connectivity index (χ3v) is 6.09. The smallest absolute Gasteiger partial charge is 0.490 e. The van der Waals surface area contributed by atoms with Gasteiger partial charge in [-0.1, -0.05) is 48.5 Å². The Morgan fingerprint density at radius 2 is 1.67 bits per heavy atom. The highest BCUT2D eigenvalue weighted by atomic mass is 19.4. The Hall–Kier alpha value is -4.01. The average molecular weight is 500 g/mol. The maximum absolute atomic E-state index is 10.6. The number of halogens is 3. The first kappa shape index (κ1) is 26.6. The van der Waals surface area contributed by atoms with Crippen LogP contribution < -0.4 is 15.4 Å². The molecule has 0 radical (unpaired) electrons. The van der Waals surface area contributed by atoms with Gasteiger partial charge in [0, 0.05) is 18.3 Å². The number of aryl methyl sites for hydroxylation is 1. The minimum Gasteiger partial charge on any atom is -0.497 e. The van der Waals surface area contributed by atoms with E-state index in [0.717, 1.165) is 35.4 Å². The highest BCUT2D eigenvalue weighted by Crippen LogP contribution is 2.35. The molecule has 3 aromatic rings. The molecule has 1 unspecified atom stereocenters. The van der Waals surface area contributed by atoms with E-state index in [0.29, 0.717) is 5.84 Å². The quantitative estimate of drug-likeness (QED) is 0.484. The molecule has 0 saturated carbocycles. The first-order chi connectivity index (χ1) is 16.9. The van der Waals surface area contributed by atoms with Crippen LogP contribution in [-0.4, -0.2) is 42.9 Å². The van der Waals surface area contributed by atoms with Crippen molar-refractivity contribution in [3.63, 3.8) is 0 Å². The summed E-state index contributed by atoms with van der Waals surface area (Å²) < 4.78 is 37.1. The molecule has 3 N–H and O–H groups in total. The predicted molar refractivity (Wildman–Crippen MR) is 134 cm³/mol. The summed E-state index contributed by atoms with van der Waals surface area (Å²) in [5.74, 6) is -1.27. The van der Waals surface area contributed by atoms with Crippen molar-refractivity contribution in [2.24, 2.45) is 10.7 Å². The molecule has 0 bridgehead atoms. The van der Waals surface area contributed by atoms with E-state index in [1.54, 1.807) is 7.11 Å².